The molecule has 2 aliphatic rings. The summed E-state index contributed by atoms with van der Waals surface area (Å²) in [6.07, 6.45) is 5.53. The maximum absolute atomic E-state index is 12.4. The number of pyridine rings is 2. The highest BCUT2D eigenvalue weighted by atomic mass is 16.6. The molecular formula is C23H30N6O2. The normalized spacial score (nSPS) is 20.1. The quantitative estimate of drug-likeness (QED) is 0.758. The van der Waals surface area contributed by atoms with Crippen molar-refractivity contribution in [2.24, 2.45) is 0 Å². The Kier molecular flexibility index (Phi) is 5.38. The van der Waals surface area contributed by atoms with Gasteiger partial charge in [-0.15, -0.1) is 0 Å². The Bertz CT molecular complexity index is 1030. The lowest BCUT2D eigenvalue weighted by molar-refractivity contribution is 0.0206. The Morgan fingerprint density at radius 1 is 1.35 bits per heavy atom. The molecule has 3 heterocycles. The van der Waals surface area contributed by atoms with Crippen LogP contribution in [0.3, 0.4) is 0 Å². The van der Waals surface area contributed by atoms with Crippen molar-refractivity contribution in [3.63, 3.8) is 0 Å². The smallest absolute Gasteiger partial charge is 0.410 e. The van der Waals surface area contributed by atoms with E-state index < -0.39 is 5.60 Å². The molecule has 1 unspecified atom stereocenters. The van der Waals surface area contributed by atoms with Crippen LogP contribution in [0.5, 0.6) is 0 Å². The molecular weight excluding hydrogens is 392 g/mol. The van der Waals surface area contributed by atoms with Gasteiger partial charge in [-0.1, -0.05) is 0 Å². The number of anilines is 2. The second-order valence-corrected chi connectivity index (χ2v) is 9.85. The third-order valence-electron chi connectivity index (χ3n) is 5.67. The van der Waals surface area contributed by atoms with Crippen LogP contribution in [0.25, 0.3) is 10.8 Å². The fourth-order valence-corrected chi connectivity index (χ4v) is 3.77. The van der Waals surface area contributed by atoms with E-state index in [1.54, 1.807) is 17.2 Å². The van der Waals surface area contributed by atoms with Gasteiger partial charge in [-0.3, -0.25) is 0 Å². The van der Waals surface area contributed by atoms with Crippen LogP contribution in [0, 0.1) is 11.3 Å². The summed E-state index contributed by atoms with van der Waals surface area (Å²) in [6, 6.07) is 5.96. The van der Waals surface area contributed by atoms with Gasteiger partial charge in [0.05, 0.1) is 0 Å². The summed E-state index contributed by atoms with van der Waals surface area (Å²) in [5, 5.41) is 18.1. The summed E-state index contributed by atoms with van der Waals surface area (Å²) in [7, 11) is 0. The van der Waals surface area contributed by atoms with Crippen LogP contribution >= 0.6 is 0 Å². The molecule has 0 aromatic carbocycles. The molecule has 0 radical (unpaired) electrons. The average Bonchev–Trinajstić information content (AvgIpc) is 3.43. The molecule has 1 aliphatic heterocycles. The average molecular weight is 423 g/mol. The van der Waals surface area contributed by atoms with Gasteiger partial charge in [0.25, 0.3) is 0 Å². The first-order chi connectivity index (χ1) is 14.6. The number of nitrogens with one attached hydrogen (secondary N) is 2. The van der Waals surface area contributed by atoms with E-state index in [0.29, 0.717) is 18.8 Å². The lowest BCUT2D eigenvalue weighted by Crippen LogP contribution is -2.47. The van der Waals surface area contributed by atoms with Crippen LogP contribution in [-0.4, -0.2) is 51.2 Å². The number of carbonyl (C=O) groups is 1. The molecule has 1 atom stereocenters. The molecule has 2 fully saturated rings. The van der Waals surface area contributed by atoms with Crippen LogP contribution in [0.1, 0.15) is 59.1 Å². The molecule has 0 bridgehead atoms. The monoisotopic (exact) mass is 422 g/mol. The van der Waals surface area contributed by atoms with Gasteiger partial charge in [-0.05, 0) is 65.5 Å². The van der Waals surface area contributed by atoms with Crippen molar-refractivity contribution in [2.45, 2.75) is 70.6 Å². The van der Waals surface area contributed by atoms with Gasteiger partial charge in [0.2, 0.25) is 0 Å². The second kappa shape index (κ2) is 7.88. The summed E-state index contributed by atoms with van der Waals surface area (Å²) in [4.78, 5) is 23.3. The van der Waals surface area contributed by atoms with Crippen molar-refractivity contribution in [3.05, 3.63) is 24.0 Å². The van der Waals surface area contributed by atoms with Crippen LogP contribution in [0.4, 0.5) is 16.4 Å². The number of hydrogen-bond donors (Lipinski definition) is 2. The van der Waals surface area contributed by atoms with E-state index in [9.17, 15) is 10.1 Å². The van der Waals surface area contributed by atoms with Gasteiger partial charge in [-0.2, -0.15) is 5.26 Å². The first-order valence-corrected chi connectivity index (χ1v) is 10.9. The molecule has 4 rings (SSSR count). The molecule has 8 nitrogen and oxygen atoms in total. The van der Waals surface area contributed by atoms with Crippen LogP contribution in [-0.2, 0) is 4.74 Å². The number of nitriles is 1. The summed E-state index contributed by atoms with van der Waals surface area (Å²) in [5.41, 5.74) is -0.0850. The molecule has 2 aromatic rings. The van der Waals surface area contributed by atoms with E-state index in [4.69, 9.17) is 4.74 Å². The van der Waals surface area contributed by atoms with Crippen molar-refractivity contribution in [1.29, 1.82) is 5.26 Å². The van der Waals surface area contributed by atoms with Crippen LogP contribution in [0.2, 0.25) is 0 Å². The molecule has 8 heteroatoms. The van der Waals surface area contributed by atoms with Gasteiger partial charge in [0.15, 0.2) is 0 Å². The van der Waals surface area contributed by atoms with E-state index in [1.807, 2.05) is 26.8 Å². The fourth-order valence-electron chi connectivity index (χ4n) is 3.77. The number of carbonyl (C=O) groups excluding carboxylic acids is 1. The molecule has 2 aromatic heterocycles. The minimum Gasteiger partial charge on any atom is -0.444 e. The number of nitrogens with zero attached hydrogens (tertiary/aromatic N) is 4. The predicted octanol–water partition coefficient (Wildman–Crippen LogP) is 4.28. The highest BCUT2D eigenvalue weighted by molar-refractivity contribution is 5.94. The molecule has 1 saturated heterocycles. The third kappa shape index (κ3) is 5.16. The van der Waals surface area contributed by atoms with E-state index in [2.05, 4.69) is 33.6 Å². The molecule has 1 saturated carbocycles. The fraction of sp³-hybridized carbons (Fsp3) is 0.565. The van der Waals surface area contributed by atoms with Crippen molar-refractivity contribution in [2.75, 3.05) is 23.7 Å². The third-order valence-corrected chi connectivity index (χ3v) is 5.67. The maximum Gasteiger partial charge on any atom is 0.410 e. The van der Waals surface area contributed by atoms with Crippen molar-refractivity contribution in [1.82, 2.24) is 14.9 Å². The number of ether oxygens (including phenoxy) is 1. The van der Waals surface area contributed by atoms with E-state index >= 15 is 0 Å². The molecule has 1 aliphatic carbocycles. The SMILES string of the molecule is CC1(Nc2nc(C#N)cc3cnc(NC4CCCN(C(=O)OC(C)(C)C)C4)cc23)CC1. The zero-order valence-electron chi connectivity index (χ0n) is 18.7. The topological polar surface area (TPSA) is 103 Å². The lowest BCUT2D eigenvalue weighted by atomic mass is 10.1. The molecule has 164 valence electrons. The minimum atomic E-state index is -0.506. The van der Waals surface area contributed by atoms with Crippen molar-refractivity contribution in [3.8, 4) is 6.07 Å². The number of likely N-dealkylation sites (tertiary alicyclic amines) is 1. The molecule has 2 N–H and O–H groups in total. The Morgan fingerprint density at radius 3 is 2.81 bits per heavy atom. The zero-order valence-corrected chi connectivity index (χ0v) is 18.7. The van der Waals surface area contributed by atoms with Crippen molar-refractivity contribution < 1.29 is 9.53 Å². The largest absolute Gasteiger partial charge is 0.444 e. The summed E-state index contributed by atoms with van der Waals surface area (Å²) < 4.78 is 5.52. The minimum absolute atomic E-state index is 0.0438. The highest BCUT2D eigenvalue weighted by Crippen LogP contribution is 2.39. The number of piperidine rings is 1. The first kappa shape index (κ1) is 21.2. The molecule has 31 heavy (non-hydrogen) atoms. The Labute approximate surface area is 183 Å². The number of amides is 1. The molecule has 0 spiro atoms. The first-order valence-electron chi connectivity index (χ1n) is 10.9. The zero-order chi connectivity index (χ0) is 22.2. The number of aromatic nitrogens is 2. The summed E-state index contributed by atoms with van der Waals surface area (Å²) >= 11 is 0. The van der Waals surface area contributed by atoms with Gasteiger partial charge in [0.1, 0.15) is 29.0 Å². The summed E-state index contributed by atoms with van der Waals surface area (Å²) in [6.45, 7) is 9.07. The maximum atomic E-state index is 12.4. The van der Waals surface area contributed by atoms with E-state index in [0.717, 1.165) is 48.1 Å². The Hall–Kier alpha value is -3.08. The van der Waals surface area contributed by atoms with Gasteiger partial charge in [-0.25, -0.2) is 14.8 Å². The van der Waals surface area contributed by atoms with E-state index in [1.165, 1.54) is 0 Å². The molecule has 1 amide bonds. The van der Waals surface area contributed by atoms with Crippen molar-refractivity contribution >= 4 is 28.5 Å². The standard InChI is InChI=1S/C23H30N6O2/c1-22(2,3)31-21(30)29-9-5-6-16(14-29)26-19-11-18-15(13-25-19)10-17(12-24)27-20(18)28-23(4)7-8-23/h10-11,13,16H,5-9,14H2,1-4H3,(H,25,26)(H,27,28). The van der Waals surface area contributed by atoms with E-state index in [-0.39, 0.29) is 17.7 Å². The van der Waals surface area contributed by atoms with Crippen LogP contribution < -0.4 is 10.6 Å². The van der Waals surface area contributed by atoms with Crippen LogP contribution in [0.15, 0.2) is 18.3 Å². The number of hydrogen-bond acceptors (Lipinski definition) is 7. The second-order valence-electron chi connectivity index (χ2n) is 9.85. The van der Waals surface area contributed by atoms with Gasteiger partial charge >= 0.3 is 6.09 Å². The Balaban J connectivity index is 1.52. The highest BCUT2D eigenvalue weighted by Gasteiger charge is 2.38. The number of fused-ring (bicyclic) bond motifs is 1. The summed E-state index contributed by atoms with van der Waals surface area (Å²) in [5.74, 6) is 1.46. The Morgan fingerprint density at radius 2 is 2.13 bits per heavy atom. The van der Waals surface area contributed by atoms with Gasteiger partial charge in [0, 0.05) is 41.6 Å². The van der Waals surface area contributed by atoms with Gasteiger partial charge < -0.3 is 20.3 Å². The lowest BCUT2D eigenvalue weighted by Gasteiger charge is -2.34. The number of rotatable bonds is 4. The predicted molar refractivity (Wildman–Crippen MR) is 120 cm³/mol.